The number of alkyl halides is 3. The Morgan fingerprint density at radius 2 is 1.79 bits per heavy atom. The minimum absolute atomic E-state index is 0.0375. The SMILES string of the molecule is NCCNS(=O)(=O)N1C[C@@H](CCCB(O)O)[C@@](N)(C(=O)O)C1.O=C(O)C(F)(F)F. The molecule has 1 fully saturated rings. The zero-order valence-corrected chi connectivity index (χ0v) is 16.0. The second-order valence-electron chi connectivity index (χ2n) is 6.24. The summed E-state index contributed by atoms with van der Waals surface area (Å²) in [5.41, 5.74) is 9.44. The van der Waals surface area contributed by atoms with Crippen molar-refractivity contribution in [3.8, 4) is 0 Å². The lowest BCUT2D eigenvalue weighted by Gasteiger charge is -2.25. The molecule has 0 amide bonds. The highest BCUT2D eigenvalue weighted by atomic mass is 32.2. The van der Waals surface area contributed by atoms with Gasteiger partial charge in [-0.25, -0.2) is 9.52 Å². The Morgan fingerprint density at radius 3 is 2.17 bits per heavy atom. The topological polar surface area (TPSA) is 217 Å². The van der Waals surface area contributed by atoms with Gasteiger partial charge in [-0.3, -0.25) is 4.79 Å². The minimum atomic E-state index is -5.08. The molecule has 1 saturated heterocycles. The van der Waals surface area contributed by atoms with Crippen LogP contribution in [0, 0.1) is 5.92 Å². The summed E-state index contributed by atoms with van der Waals surface area (Å²) in [6.45, 7) is -0.207. The largest absolute Gasteiger partial charge is 0.490 e. The third-order valence-electron chi connectivity index (χ3n) is 4.01. The molecule has 1 rings (SSSR count). The van der Waals surface area contributed by atoms with E-state index in [4.69, 9.17) is 31.4 Å². The lowest BCUT2D eigenvalue weighted by Crippen LogP contribution is -2.55. The number of nitrogens with one attached hydrogen (secondary N) is 1. The summed E-state index contributed by atoms with van der Waals surface area (Å²) in [7, 11) is -5.32. The van der Waals surface area contributed by atoms with Crippen molar-refractivity contribution in [2.75, 3.05) is 26.2 Å². The van der Waals surface area contributed by atoms with Crippen molar-refractivity contribution in [3.05, 3.63) is 0 Å². The van der Waals surface area contributed by atoms with Gasteiger partial charge in [0.2, 0.25) is 0 Å². The van der Waals surface area contributed by atoms with E-state index in [0.717, 1.165) is 4.31 Å². The van der Waals surface area contributed by atoms with Gasteiger partial charge in [0.05, 0.1) is 0 Å². The van der Waals surface area contributed by atoms with Crippen LogP contribution in [0.1, 0.15) is 12.8 Å². The normalized spacial score (nSPS) is 22.7. The molecule has 9 N–H and O–H groups in total. The molecule has 1 aliphatic heterocycles. The summed E-state index contributed by atoms with van der Waals surface area (Å²) >= 11 is 0. The van der Waals surface area contributed by atoms with Gasteiger partial charge in [0.25, 0.3) is 10.2 Å². The van der Waals surface area contributed by atoms with Crippen LogP contribution in [0.3, 0.4) is 0 Å². The second kappa shape index (κ2) is 11.0. The van der Waals surface area contributed by atoms with Gasteiger partial charge in [-0.2, -0.15) is 25.9 Å². The Kier molecular flexibility index (Phi) is 10.5. The maximum Gasteiger partial charge on any atom is 0.490 e. The number of carboxylic acid groups (broad SMARTS) is 2. The smallest absolute Gasteiger partial charge is 0.480 e. The van der Waals surface area contributed by atoms with Gasteiger partial charge in [0.15, 0.2) is 0 Å². The third-order valence-corrected chi connectivity index (χ3v) is 5.54. The van der Waals surface area contributed by atoms with Crippen molar-refractivity contribution >= 4 is 29.3 Å². The Hall–Kier alpha value is -1.50. The van der Waals surface area contributed by atoms with E-state index in [1.165, 1.54) is 0 Å². The number of hydrogen-bond donors (Lipinski definition) is 7. The van der Waals surface area contributed by atoms with Crippen LogP contribution in [0.5, 0.6) is 0 Å². The Balaban J connectivity index is 0.000000956. The van der Waals surface area contributed by atoms with E-state index < -0.39 is 46.9 Å². The molecule has 12 nitrogen and oxygen atoms in total. The Morgan fingerprint density at radius 1 is 1.28 bits per heavy atom. The number of aliphatic carboxylic acids is 2. The van der Waals surface area contributed by atoms with E-state index in [1.54, 1.807) is 0 Å². The van der Waals surface area contributed by atoms with Crippen LogP contribution in [-0.2, 0) is 19.8 Å². The monoisotopic (exact) mass is 452 g/mol. The number of halogens is 3. The Labute approximate surface area is 165 Å². The fourth-order valence-electron chi connectivity index (χ4n) is 2.49. The van der Waals surface area contributed by atoms with Gasteiger partial charge < -0.3 is 31.7 Å². The van der Waals surface area contributed by atoms with Crippen molar-refractivity contribution in [2.24, 2.45) is 17.4 Å². The van der Waals surface area contributed by atoms with Crippen molar-refractivity contribution in [2.45, 2.75) is 30.9 Å². The fraction of sp³-hybridized carbons (Fsp3) is 0.833. The standard InChI is InChI=1S/C10H23BN4O6S.C2HF3O2/c12-4-5-14-22(20,21)15-6-8(2-1-3-11(18)19)10(13,7-15)9(16)17;3-2(4,5)1(6)7/h8,14,18-19H,1-7,12-13H2,(H,16,17);(H,6,7)/t8-,10-;/m1./s1. The molecule has 1 heterocycles. The van der Waals surface area contributed by atoms with Gasteiger partial charge in [-0.05, 0) is 12.7 Å². The molecule has 0 radical (unpaired) electrons. The van der Waals surface area contributed by atoms with Crippen LogP contribution in [-0.4, -0.2) is 89.9 Å². The predicted octanol–water partition coefficient (Wildman–Crippen LogP) is -2.62. The van der Waals surface area contributed by atoms with E-state index in [-0.39, 0.29) is 38.9 Å². The predicted molar refractivity (Wildman–Crippen MR) is 93.5 cm³/mol. The molecule has 0 aromatic heterocycles. The molecular weight excluding hydrogens is 428 g/mol. The highest BCUT2D eigenvalue weighted by Crippen LogP contribution is 2.31. The number of hydrogen-bond acceptors (Lipinski definition) is 8. The van der Waals surface area contributed by atoms with E-state index >= 15 is 0 Å². The number of rotatable bonds is 9. The molecule has 0 aromatic rings. The molecular formula is C12H24BF3N4O8S. The second-order valence-corrected chi connectivity index (χ2v) is 7.99. The molecule has 17 heteroatoms. The van der Waals surface area contributed by atoms with Crippen LogP contribution in [0.4, 0.5) is 13.2 Å². The van der Waals surface area contributed by atoms with Crippen LogP contribution < -0.4 is 16.2 Å². The van der Waals surface area contributed by atoms with Crippen molar-refractivity contribution in [1.29, 1.82) is 0 Å². The summed E-state index contributed by atoms with van der Waals surface area (Å²) in [4.78, 5) is 20.3. The summed E-state index contributed by atoms with van der Waals surface area (Å²) in [6.07, 6.45) is -4.40. The van der Waals surface area contributed by atoms with E-state index in [2.05, 4.69) is 4.72 Å². The average Bonchev–Trinajstić information content (AvgIpc) is 2.92. The van der Waals surface area contributed by atoms with E-state index in [9.17, 15) is 31.5 Å². The van der Waals surface area contributed by atoms with Crippen LogP contribution in [0.15, 0.2) is 0 Å². The van der Waals surface area contributed by atoms with Crippen molar-refractivity contribution < 1.29 is 51.4 Å². The highest BCUT2D eigenvalue weighted by Gasteiger charge is 2.52. The van der Waals surface area contributed by atoms with Gasteiger partial charge in [0.1, 0.15) is 5.54 Å². The molecule has 0 saturated carbocycles. The van der Waals surface area contributed by atoms with E-state index in [0.29, 0.717) is 6.42 Å². The summed E-state index contributed by atoms with van der Waals surface area (Å²) in [5.74, 6) is -4.65. The van der Waals surface area contributed by atoms with Crippen molar-refractivity contribution in [3.63, 3.8) is 0 Å². The first-order valence-corrected chi connectivity index (χ1v) is 9.65. The number of carbonyl (C=O) groups is 2. The third kappa shape index (κ3) is 8.81. The van der Waals surface area contributed by atoms with Crippen LogP contribution in [0.25, 0.3) is 0 Å². The lowest BCUT2D eigenvalue weighted by atomic mass is 9.78. The minimum Gasteiger partial charge on any atom is -0.480 e. The van der Waals surface area contributed by atoms with Gasteiger partial charge in [-0.15, -0.1) is 0 Å². The zero-order chi connectivity index (χ0) is 23.0. The first kappa shape index (κ1) is 27.5. The Bertz CT molecular complexity index is 666. The van der Waals surface area contributed by atoms with Crippen LogP contribution >= 0.6 is 0 Å². The summed E-state index contributed by atoms with van der Waals surface area (Å²) < 4.78 is 59.1. The molecule has 29 heavy (non-hydrogen) atoms. The number of nitrogens with zero attached hydrogens (tertiary/aromatic N) is 1. The molecule has 1 aliphatic rings. The first-order chi connectivity index (χ1) is 13.1. The molecule has 0 aromatic carbocycles. The lowest BCUT2D eigenvalue weighted by molar-refractivity contribution is -0.192. The van der Waals surface area contributed by atoms with Gasteiger partial charge >= 0.3 is 25.2 Å². The molecule has 2 atom stereocenters. The average molecular weight is 452 g/mol. The quantitative estimate of drug-likeness (QED) is 0.181. The van der Waals surface area contributed by atoms with Gasteiger partial charge in [-0.1, -0.05) is 6.42 Å². The number of nitrogens with two attached hydrogens (primary N) is 2. The highest BCUT2D eigenvalue weighted by molar-refractivity contribution is 7.87. The first-order valence-electron chi connectivity index (χ1n) is 8.21. The van der Waals surface area contributed by atoms with Crippen LogP contribution in [0.2, 0.25) is 6.32 Å². The maximum absolute atomic E-state index is 12.1. The molecule has 0 unspecified atom stereocenters. The summed E-state index contributed by atoms with van der Waals surface area (Å²) in [5, 5.41) is 34.1. The van der Waals surface area contributed by atoms with E-state index in [1.807, 2.05) is 0 Å². The van der Waals surface area contributed by atoms with Gasteiger partial charge in [0, 0.05) is 32.1 Å². The molecule has 170 valence electrons. The van der Waals surface area contributed by atoms with Crippen molar-refractivity contribution in [1.82, 2.24) is 9.03 Å². The maximum atomic E-state index is 12.1. The molecule has 0 aliphatic carbocycles. The zero-order valence-electron chi connectivity index (χ0n) is 15.2. The number of carboxylic acids is 2. The molecule has 0 bridgehead atoms. The fourth-order valence-corrected chi connectivity index (χ4v) is 3.81. The molecule has 0 spiro atoms. The summed E-state index contributed by atoms with van der Waals surface area (Å²) in [6, 6.07) is 0.